The number of primary amides is 1. The molecule has 0 fully saturated rings. The first-order valence-electron chi connectivity index (χ1n) is 7.44. The molecule has 0 unspecified atom stereocenters. The summed E-state index contributed by atoms with van der Waals surface area (Å²) in [6.45, 7) is 1.96. The number of hydrogen-bond donors (Lipinski definition) is 4. The maximum absolute atomic E-state index is 12.5. The van der Waals surface area contributed by atoms with Crippen molar-refractivity contribution in [3.63, 3.8) is 0 Å². The van der Waals surface area contributed by atoms with Crippen molar-refractivity contribution in [3.05, 3.63) is 47.8 Å². The second-order valence-electron chi connectivity index (χ2n) is 5.42. The van der Waals surface area contributed by atoms with Crippen molar-refractivity contribution in [1.29, 1.82) is 0 Å². The van der Waals surface area contributed by atoms with Gasteiger partial charge in [0.2, 0.25) is 0 Å². The molecule has 1 amide bonds. The maximum Gasteiger partial charge on any atom is 0.261 e. The normalized spacial score (nSPS) is 11.6. The Morgan fingerprint density at radius 1 is 1.28 bits per heavy atom. The molecule has 0 atom stereocenters. The standard InChI is InChI=1S/C16H16N4O4S/c1-2-15-18-12-5-3-9(7-13(12)19-15)20-25(23,24)10-4-6-14(21)11(8-10)16(17)22/h3-8,20-21H,2H2,1H3,(H2,17,22)(H,18,19). The lowest BCUT2D eigenvalue weighted by Crippen LogP contribution is -2.16. The summed E-state index contributed by atoms with van der Waals surface area (Å²) < 4.78 is 27.4. The molecule has 0 spiro atoms. The lowest BCUT2D eigenvalue weighted by Gasteiger charge is -2.09. The van der Waals surface area contributed by atoms with Crippen molar-refractivity contribution in [2.45, 2.75) is 18.2 Å². The second-order valence-corrected chi connectivity index (χ2v) is 7.10. The lowest BCUT2D eigenvalue weighted by atomic mass is 10.2. The fourth-order valence-electron chi connectivity index (χ4n) is 2.38. The van der Waals surface area contributed by atoms with E-state index in [0.717, 1.165) is 29.9 Å². The van der Waals surface area contributed by atoms with Crippen LogP contribution >= 0.6 is 0 Å². The van der Waals surface area contributed by atoms with E-state index in [0.29, 0.717) is 11.2 Å². The summed E-state index contributed by atoms with van der Waals surface area (Å²) in [4.78, 5) is 18.6. The van der Waals surface area contributed by atoms with Gasteiger partial charge in [-0.1, -0.05) is 6.92 Å². The van der Waals surface area contributed by atoms with Gasteiger partial charge in [-0.25, -0.2) is 13.4 Å². The summed E-state index contributed by atoms with van der Waals surface area (Å²) in [5.41, 5.74) is 6.64. The summed E-state index contributed by atoms with van der Waals surface area (Å²) >= 11 is 0. The van der Waals surface area contributed by atoms with Gasteiger partial charge < -0.3 is 15.8 Å². The van der Waals surface area contributed by atoms with Crippen LogP contribution in [0.25, 0.3) is 11.0 Å². The number of aromatic hydroxyl groups is 1. The number of amides is 1. The van der Waals surface area contributed by atoms with Crippen molar-refractivity contribution in [3.8, 4) is 5.75 Å². The fraction of sp³-hybridized carbons (Fsp3) is 0.125. The van der Waals surface area contributed by atoms with Crippen LogP contribution in [0.1, 0.15) is 23.1 Å². The van der Waals surface area contributed by atoms with Crippen LogP contribution in [0.2, 0.25) is 0 Å². The minimum Gasteiger partial charge on any atom is -0.507 e. The van der Waals surface area contributed by atoms with Crippen molar-refractivity contribution in [1.82, 2.24) is 9.97 Å². The number of nitrogens with two attached hydrogens (primary N) is 1. The van der Waals surface area contributed by atoms with Gasteiger partial charge in [0.1, 0.15) is 11.6 Å². The summed E-state index contributed by atoms with van der Waals surface area (Å²) in [5.74, 6) is -0.490. The van der Waals surface area contributed by atoms with E-state index in [1.807, 2.05) is 6.92 Å². The number of aromatic amines is 1. The van der Waals surface area contributed by atoms with Gasteiger partial charge in [0, 0.05) is 6.42 Å². The Hall–Kier alpha value is -3.07. The highest BCUT2D eigenvalue weighted by atomic mass is 32.2. The summed E-state index contributed by atoms with van der Waals surface area (Å²) in [6.07, 6.45) is 0.735. The topological polar surface area (TPSA) is 138 Å². The Labute approximate surface area is 143 Å². The minimum atomic E-state index is -3.96. The highest BCUT2D eigenvalue weighted by molar-refractivity contribution is 7.92. The molecule has 0 aliphatic carbocycles. The summed E-state index contributed by atoms with van der Waals surface area (Å²) in [6, 6.07) is 8.27. The molecule has 8 nitrogen and oxygen atoms in total. The third-order valence-corrected chi connectivity index (χ3v) is 5.04. The van der Waals surface area contributed by atoms with E-state index < -0.39 is 15.9 Å². The van der Waals surface area contributed by atoms with Gasteiger partial charge in [0.15, 0.2) is 0 Å². The molecule has 25 heavy (non-hydrogen) atoms. The lowest BCUT2D eigenvalue weighted by molar-refractivity contribution is 0.0997. The first-order valence-corrected chi connectivity index (χ1v) is 8.93. The fourth-order valence-corrected chi connectivity index (χ4v) is 3.46. The Balaban J connectivity index is 1.96. The predicted molar refractivity (Wildman–Crippen MR) is 92.9 cm³/mol. The van der Waals surface area contributed by atoms with Crippen LogP contribution in [-0.2, 0) is 16.4 Å². The smallest absolute Gasteiger partial charge is 0.261 e. The van der Waals surface area contributed by atoms with Crippen LogP contribution in [0.5, 0.6) is 5.75 Å². The van der Waals surface area contributed by atoms with E-state index in [1.165, 1.54) is 6.07 Å². The summed E-state index contributed by atoms with van der Waals surface area (Å²) in [7, 11) is -3.96. The third kappa shape index (κ3) is 3.26. The third-order valence-electron chi connectivity index (χ3n) is 3.66. The highest BCUT2D eigenvalue weighted by Crippen LogP contribution is 2.24. The van der Waals surface area contributed by atoms with E-state index in [-0.39, 0.29) is 16.2 Å². The molecule has 1 heterocycles. The van der Waals surface area contributed by atoms with Crippen molar-refractivity contribution >= 4 is 32.7 Å². The van der Waals surface area contributed by atoms with Crippen LogP contribution < -0.4 is 10.5 Å². The van der Waals surface area contributed by atoms with E-state index in [2.05, 4.69) is 14.7 Å². The second kappa shape index (κ2) is 6.10. The minimum absolute atomic E-state index is 0.185. The first-order chi connectivity index (χ1) is 11.8. The predicted octanol–water partition coefficient (Wildman–Crippen LogP) is 1.73. The monoisotopic (exact) mass is 360 g/mol. The van der Waals surface area contributed by atoms with Crippen LogP contribution in [-0.4, -0.2) is 29.4 Å². The number of imidazole rings is 1. The molecule has 5 N–H and O–H groups in total. The zero-order chi connectivity index (χ0) is 18.2. The van der Waals surface area contributed by atoms with E-state index in [1.54, 1.807) is 18.2 Å². The zero-order valence-corrected chi connectivity index (χ0v) is 14.1. The van der Waals surface area contributed by atoms with E-state index in [4.69, 9.17) is 5.73 Å². The van der Waals surface area contributed by atoms with Crippen LogP contribution in [0.4, 0.5) is 5.69 Å². The number of carbonyl (C=O) groups is 1. The van der Waals surface area contributed by atoms with Crippen molar-refractivity contribution in [2.75, 3.05) is 4.72 Å². The molecule has 130 valence electrons. The number of benzene rings is 2. The number of hydrogen-bond acceptors (Lipinski definition) is 5. The Morgan fingerprint density at radius 3 is 2.72 bits per heavy atom. The van der Waals surface area contributed by atoms with Crippen LogP contribution in [0.3, 0.4) is 0 Å². The Kier molecular flexibility index (Phi) is 4.09. The largest absolute Gasteiger partial charge is 0.507 e. The molecule has 0 saturated carbocycles. The quantitative estimate of drug-likeness (QED) is 0.549. The SMILES string of the molecule is CCc1nc2cc(NS(=O)(=O)c3ccc(O)c(C(N)=O)c3)ccc2[nH]1. The average Bonchev–Trinajstić information content (AvgIpc) is 2.96. The van der Waals surface area contributed by atoms with Gasteiger partial charge in [-0.05, 0) is 36.4 Å². The average molecular weight is 360 g/mol. The number of rotatable bonds is 5. The van der Waals surface area contributed by atoms with Crippen molar-refractivity contribution < 1.29 is 18.3 Å². The number of phenols is 1. The molecular weight excluding hydrogens is 344 g/mol. The number of nitrogens with one attached hydrogen (secondary N) is 2. The number of aryl methyl sites for hydroxylation is 1. The van der Waals surface area contributed by atoms with E-state index in [9.17, 15) is 18.3 Å². The molecule has 3 rings (SSSR count). The number of carbonyl (C=O) groups excluding carboxylic acids is 1. The molecule has 0 bridgehead atoms. The van der Waals surface area contributed by atoms with Gasteiger partial charge in [-0.15, -0.1) is 0 Å². The van der Waals surface area contributed by atoms with E-state index >= 15 is 0 Å². The number of aromatic nitrogens is 2. The Morgan fingerprint density at radius 2 is 2.04 bits per heavy atom. The number of H-pyrrole nitrogens is 1. The highest BCUT2D eigenvalue weighted by Gasteiger charge is 2.18. The van der Waals surface area contributed by atoms with Gasteiger partial charge in [0.25, 0.3) is 15.9 Å². The molecular formula is C16H16N4O4S. The van der Waals surface area contributed by atoms with Crippen LogP contribution in [0.15, 0.2) is 41.3 Å². The van der Waals surface area contributed by atoms with Crippen LogP contribution in [0, 0.1) is 0 Å². The van der Waals surface area contributed by atoms with Gasteiger partial charge in [-0.2, -0.15) is 0 Å². The Bertz CT molecular complexity index is 1070. The molecule has 0 aliphatic rings. The maximum atomic E-state index is 12.5. The number of nitrogens with zero attached hydrogens (tertiary/aromatic N) is 1. The zero-order valence-electron chi connectivity index (χ0n) is 13.3. The van der Waals surface area contributed by atoms with Gasteiger partial charge in [-0.3, -0.25) is 9.52 Å². The number of anilines is 1. The van der Waals surface area contributed by atoms with Crippen molar-refractivity contribution in [2.24, 2.45) is 5.73 Å². The molecule has 0 saturated heterocycles. The molecule has 0 aliphatic heterocycles. The molecule has 2 aromatic carbocycles. The molecule has 9 heteroatoms. The van der Waals surface area contributed by atoms with Gasteiger partial charge in [0.05, 0.1) is 27.2 Å². The summed E-state index contributed by atoms with van der Waals surface area (Å²) in [5, 5.41) is 9.58. The number of fused-ring (bicyclic) bond motifs is 1. The first kappa shape index (κ1) is 16.8. The molecule has 0 radical (unpaired) electrons. The number of sulfonamides is 1. The molecule has 3 aromatic rings. The molecule has 1 aromatic heterocycles. The van der Waals surface area contributed by atoms with Gasteiger partial charge >= 0.3 is 0 Å².